The van der Waals surface area contributed by atoms with Crippen LogP contribution in [0.15, 0.2) is 29.4 Å². The van der Waals surface area contributed by atoms with Crippen LogP contribution in [-0.2, 0) is 4.79 Å². The molecular weight excluding hydrogens is 402 g/mol. The van der Waals surface area contributed by atoms with Crippen molar-refractivity contribution in [3.05, 3.63) is 24.4 Å². The van der Waals surface area contributed by atoms with Gasteiger partial charge in [-0.05, 0) is 63.9 Å². The van der Waals surface area contributed by atoms with Crippen LogP contribution in [0.1, 0.15) is 87.0 Å². The van der Waals surface area contributed by atoms with Crippen molar-refractivity contribution in [2.45, 2.75) is 105 Å². The number of amides is 1. The van der Waals surface area contributed by atoms with Crippen molar-refractivity contribution < 1.29 is 15.0 Å². The third-order valence-corrected chi connectivity index (χ3v) is 6.60. The first-order valence-electron chi connectivity index (χ1n) is 12.1. The summed E-state index contributed by atoms with van der Waals surface area (Å²) in [6.07, 6.45) is 12.3. The van der Waals surface area contributed by atoms with Crippen LogP contribution < -0.4 is 5.73 Å². The summed E-state index contributed by atoms with van der Waals surface area (Å²) >= 11 is 0. The normalized spacial score (nSPS) is 22.3. The molecule has 4 N–H and O–H groups in total. The Morgan fingerprint density at radius 3 is 2.19 bits per heavy atom. The van der Waals surface area contributed by atoms with E-state index in [1.165, 1.54) is 6.42 Å². The lowest BCUT2D eigenvalue weighted by Gasteiger charge is -2.35. The number of likely N-dealkylation sites (tertiary alicyclic amines) is 1. The Morgan fingerprint density at radius 2 is 1.78 bits per heavy atom. The maximum atomic E-state index is 12.6. The molecule has 1 heterocycles. The standard InChI is InChI=1S/C19H30N2O.C6H14O.CH5NO/c1-5-14(2)11-12-20-13-15(3)18-10-9-16(4)21(18)19(22)17-7-6-8-17;1-5(2)6(3,4)7;2-1-3/h11-14,16-18H,3,5-10H2,1-2,4H3;5,7H,1-4H3;3H,1-2H2/b12-11-,20-13?;;. The highest BCUT2D eigenvalue weighted by Crippen LogP contribution is 2.35. The van der Waals surface area contributed by atoms with Crippen LogP contribution >= 0.6 is 0 Å². The Morgan fingerprint density at radius 1 is 1.25 bits per heavy atom. The van der Waals surface area contributed by atoms with Gasteiger partial charge < -0.3 is 20.8 Å². The van der Waals surface area contributed by atoms with Crippen molar-refractivity contribution in [2.24, 2.45) is 28.5 Å². The number of nitrogens with zero attached hydrogens (tertiary/aromatic N) is 2. The van der Waals surface area contributed by atoms with Gasteiger partial charge in [-0.3, -0.25) is 9.79 Å². The zero-order valence-corrected chi connectivity index (χ0v) is 21.6. The third kappa shape index (κ3) is 10.9. The summed E-state index contributed by atoms with van der Waals surface area (Å²) in [5.41, 5.74) is 4.87. The van der Waals surface area contributed by atoms with Crippen LogP contribution in [0.2, 0.25) is 0 Å². The van der Waals surface area contributed by atoms with E-state index in [0.717, 1.165) is 37.7 Å². The number of aliphatic hydroxyl groups is 2. The quantitative estimate of drug-likeness (QED) is 0.387. The number of hydrogen-bond donors (Lipinski definition) is 3. The molecule has 186 valence electrons. The molecule has 3 atom stereocenters. The van der Waals surface area contributed by atoms with Crippen LogP contribution in [0.5, 0.6) is 0 Å². The van der Waals surface area contributed by atoms with Gasteiger partial charge in [0.2, 0.25) is 5.91 Å². The first-order valence-corrected chi connectivity index (χ1v) is 12.1. The van der Waals surface area contributed by atoms with E-state index in [2.05, 4.69) is 49.1 Å². The lowest BCUT2D eigenvalue weighted by molar-refractivity contribution is -0.140. The highest BCUT2D eigenvalue weighted by atomic mass is 16.3. The fourth-order valence-corrected chi connectivity index (χ4v) is 3.14. The maximum absolute atomic E-state index is 12.6. The van der Waals surface area contributed by atoms with Crippen molar-refractivity contribution in [3.63, 3.8) is 0 Å². The van der Waals surface area contributed by atoms with Gasteiger partial charge in [-0.2, -0.15) is 0 Å². The second-order valence-electron chi connectivity index (χ2n) is 9.89. The van der Waals surface area contributed by atoms with E-state index in [1.54, 1.807) is 0 Å². The van der Waals surface area contributed by atoms with E-state index in [9.17, 15) is 4.79 Å². The van der Waals surface area contributed by atoms with Crippen molar-refractivity contribution in [1.82, 2.24) is 4.90 Å². The number of rotatable bonds is 7. The molecule has 2 fully saturated rings. The third-order valence-electron chi connectivity index (χ3n) is 6.60. The van der Waals surface area contributed by atoms with Crippen molar-refractivity contribution >= 4 is 12.1 Å². The second-order valence-corrected chi connectivity index (χ2v) is 9.89. The van der Waals surface area contributed by atoms with Gasteiger partial charge in [0.05, 0.1) is 18.4 Å². The highest BCUT2D eigenvalue weighted by Gasteiger charge is 2.39. The smallest absolute Gasteiger partial charge is 0.226 e. The number of allylic oxidation sites excluding steroid dienone is 1. The van der Waals surface area contributed by atoms with Gasteiger partial charge in [0.1, 0.15) is 0 Å². The van der Waals surface area contributed by atoms with Gasteiger partial charge >= 0.3 is 0 Å². The van der Waals surface area contributed by atoms with Crippen molar-refractivity contribution in [1.29, 1.82) is 0 Å². The predicted octanol–water partition coefficient (Wildman–Crippen LogP) is 4.66. The van der Waals surface area contributed by atoms with E-state index in [4.69, 9.17) is 10.2 Å². The molecule has 0 spiro atoms. The molecule has 1 saturated heterocycles. The van der Waals surface area contributed by atoms with Crippen LogP contribution in [0.4, 0.5) is 0 Å². The molecule has 0 radical (unpaired) electrons. The zero-order chi connectivity index (χ0) is 24.9. The van der Waals surface area contributed by atoms with Gasteiger partial charge in [-0.15, -0.1) is 0 Å². The van der Waals surface area contributed by atoms with Gasteiger partial charge in [0.25, 0.3) is 0 Å². The summed E-state index contributed by atoms with van der Waals surface area (Å²) in [6, 6.07) is 0.475. The molecule has 6 heteroatoms. The molecule has 2 aliphatic rings. The zero-order valence-electron chi connectivity index (χ0n) is 21.6. The number of nitrogens with two attached hydrogens (primary N) is 1. The topological polar surface area (TPSA) is 99.2 Å². The summed E-state index contributed by atoms with van der Waals surface area (Å²) in [7, 11) is 0. The van der Waals surface area contributed by atoms with Crippen LogP contribution in [0.25, 0.3) is 0 Å². The Labute approximate surface area is 196 Å². The maximum Gasteiger partial charge on any atom is 0.226 e. The minimum atomic E-state index is -0.500. The molecule has 32 heavy (non-hydrogen) atoms. The molecule has 1 amide bonds. The minimum Gasteiger partial charge on any atom is -0.390 e. The lowest BCUT2D eigenvalue weighted by Crippen LogP contribution is -2.45. The molecule has 0 bridgehead atoms. The van der Waals surface area contributed by atoms with Gasteiger partial charge in [0.15, 0.2) is 0 Å². The molecule has 0 aromatic rings. The average Bonchev–Trinajstić information content (AvgIpc) is 3.05. The molecule has 1 saturated carbocycles. The van der Waals surface area contributed by atoms with E-state index in [-0.39, 0.29) is 18.7 Å². The first-order chi connectivity index (χ1) is 14.9. The summed E-state index contributed by atoms with van der Waals surface area (Å²) in [6.45, 7) is 18.1. The minimum absolute atomic E-state index is 0.142. The fourth-order valence-electron chi connectivity index (χ4n) is 3.14. The van der Waals surface area contributed by atoms with E-state index in [1.807, 2.05) is 40.1 Å². The number of carbonyl (C=O) groups is 1. The number of carbonyl (C=O) groups excluding carboxylic acids is 1. The molecule has 1 aliphatic heterocycles. The van der Waals surface area contributed by atoms with Gasteiger partial charge in [0, 0.05) is 24.4 Å². The van der Waals surface area contributed by atoms with E-state index in [0.29, 0.717) is 23.8 Å². The molecular formula is C26H49N3O3. The number of aliphatic imine (C=N–C) groups is 1. The SMILES string of the molecule is C=C(C=N/C=C\C(C)CC)C1CCC(C)N1C(=O)C1CCC1.CC(C)C(C)(C)O.NCO. The highest BCUT2D eigenvalue weighted by molar-refractivity contribution is 5.85. The molecule has 1 aliphatic carbocycles. The Balaban J connectivity index is 0.000000809. The first kappa shape index (κ1) is 30.5. The number of aliphatic hydroxyl groups excluding tert-OH is 1. The Kier molecular flexibility index (Phi) is 14.6. The van der Waals surface area contributed by atoms with E-state index < -0.39 is 5.60 Å². The average molecular weight is 452 g/mol. The Hall–Kier alpha value is -1.50. The van der Waals surface area contributed by atoms with Crippen LogP contribution in [0.3, 0.4) is 0 Å². The summed E-state index contributed by atoms with van der Waals surface area (Å²) in [5.74, 6) is 1.50. The molecule has 6 nitrogen and oxygen atoms in total. The monoisotopic (exact) mass is 451 g/mol. The molecule has 0 aromatic carbocycles. The molecule has 2 rings (SSSR count). The second kappa shape index (κ2) is 15.4. The summed E-state index contributed by atoms with van der Waals surface area (Å²) < 4.78 is 0. The van der Waals surface area contributed by atoms with Crippen LogP contribution in [-0.4, -0.2) is 51.7 Å². The Bertz CT molecular complexity index is 604. The van der Waals surface area contributed by atoms with Crippen LogP contribution in [0, 0.1) is 17.8 Å². The summed E-state index contributed by atoms with van der Waals surface area (Å²) in [4.78, 5) is 19.1. The number of hydrogen-bond acceptors (Lipinski definition) is 5. The molecule has 0 aromatic heterocycles. The van der Waals surface area contributed by atoms with Crippen molar-refractivity contribution in [2.75, 3.05) is 6.73 Å². The predicted molar refractivity (Wildman–Crippen MR) is 135 cm³/mol. The summed E-state index contributed by atoms with van der Waals surface area (Å²) in [5, 5.41) is 16.4. The van der Waals surface area contributed by atoms with Gasteiger partial charge in [-0.25, -0.2) is 0 Å². The fraction of sp³-hybridized carbons (Fsp3) is 0.769. The largest absolute Gasteiger partial charge is 0.390 e. The molecule has 3 unspecified atom stereocenters. The van der Waals surface area contributed by atoms with Crippen molar-refractivity contribution in [3.8, 4) is 0 Å². The lowest BCUT2D eigenvalue weighted by atomic mass is 9.84. The van der Waals surface area contributed by atoms with E-state index >= 15 is 0 Å². The van der Waals surface area contributed by atoms with Gasteiger partial charge in [-0.1, -0.05) is 53.2 Å².